The summed E-state index contributed by atoms with van der Waals surface area (Å²) in [6, 6.07) is 4.84. The lowest BCUT2D eigenvalue weighted by atomic mass is 9.82. The summed E-state index contributed by atoms with van der Waals surface area (Å²) in [6.07, 6.45) is 2.51. The summed E-state index contributed by atoms with van der Waals surface area (Å²) in [5, 5.41) is 9.27. The highest BCUT2D eigenvalue weighted by Gasteiger charge is 2.25. The van der Waals surface area contributed by atoms with Crippen LogP contribution in [0.2, 0.25) is 0 Å². The zero-order chi connectivity index (χ0) is 25.2. The van der Waals surface area contributed by atoms with E-state index in [4.69, 9.17) is 4.74 Å². The maximum atomic E-state index is 14.7. The minimum absolute atomic E-state index is 0.0149. The molecule has 0 saturated carbocycles. The topological polar surface area (TPSA) is 29.5 Å². The van der Waals surface area contributed by atoms with E-state index in [9.17, 15) is 31.4 Å². The molecule has 1 aliphatic carbocycles. The van der Waals surface area contributed by atoms with Crippen molar-refractivity contribution in [3.8, 4) is 11.5 Å². The van der Waals surface area contributed by atoms with Crippen LogP contribution < -0.4 is 4.74 Å². The van der Waals surface area contributed by atoms with Crippen molar-refractivity contribution in [1.82, 2.24) is 0 Å². The number of phenolic OH excluding ortho intramolecular Hbond substituents is 1. The summed E-state index contributed by atoms with van der Waals surface area (Å²) < 4.78 is 89.7. The molecule has 3 rings (SSSR count). The number of phenols is 1. The Morgan fingerprint density at radius 2 is 1.68 bits per heavy atom. The highest BCUT2D eigenvalue weighted by atomic mass is 19.2. The summed E-state index contributed by atoms with van der Waals surface area (Å²) in [6.45, 7) is 7.26. The third kappa shape index (κ3) is 5.05. The first-order valence-corrected chi connectivity index (χ1v) is 10.4. The van der Waals surface area contributed by atoms with Crippen LogP contribution in [0.1, 0.15) is 43.2 Å². The highest BCUT2D eigenvalue weighted by molar-refractivity contribution is 5.68. The molecule has 1 atom stereocenters. The van der Waals surface area contributed by atoms with E-state index < -0.39 is 58.6 Å². The van der Waals surface area contributed by atoms with E-state index in [0.29, 0.717) is 12.0 Å². The number of rotatable bonds is 7. The van der Waals surface area contributed by atoms with Crippen molar-refractivity contribution in [2.45, 2.75) is 32.1 Å². The van der Waals surface area contributed by atoms with Crippen molar-refractivity contribution in [1.29, 1.82) is 0 Å². The van der Waals surface area contributed by atoms with Crippen LogP contribution in [0.5, 0.6) is 11.5 Å². The number of halogens is 6. The molecule has 2 aromatic carbocycles. The number of ether oxygens (including phenoxy) is 1. The van der Waals surface area contributed by atoms with Gasteiger partial charge >= 0.3 is 0 Å². The molecule has 0 radical (unpaired) electrons. The molecule has 1 unspecified atom stereocenters. The zero-order valence-corrected chi connectivity index (χ0v) is 18.3. The van der Waals surface area contributed by atoms with Gasteiger partial charge in [-0.05, 0) is 67.0 Å². The Hall–Kier alpha value is -3.42. The first kappa shape index (κ1) is 25.2. The Kier molecular flexibility index (Phi) is 7.59. The number of hydrogen-bond donors (Lipinski definition) is 1. The third-order valence-electron chi connectivity index (χ3n) is 5.62. The molecule has 2 aromatic rings. The number of allylic oxidation sites excluding steroid dienone is 4. The Morgan fingerprint density at radius 1 is 0.971 bits per heavy atom. The van der Waals surface area contributed by atoms with Gasteiger partial charge in [-0.25, -0.2) is 17.6 Å². The summed E-state index contributed by atoms with van der Waals surface area (Å²) in [7, 11) is 0. The number of aromatic hydroxyl groups is 1. The summed E-state index contributed by atoms with van der Waals surface area (Å²) in [5.74, 6) is -9.08. The second-order valence-electron chi connectivity index (χ2n) is 8.04. The Morgan fingerprint density at radius 3 is 2.29 bits per heavy atom. The van der Waals surface area contributed by atoms with E-state index in [-0.39, 0.29) is 35.5 Å². The predicted molar refractivity (Wildman–Crippen MR) is 118 cm³/mol. The fourth-order valence-electron chi connectivity index (χ4n) is 3.69. The van der Waals surface area contributed by atoms with Crippen molar-refractivity contribution in [2.24, 2.45) is 0 Å². The van der Waals surface area contributed by atoms with Gasteiger partial charge < -0.3 is 9.84 Å². The van der Waals surface area contributed by atoms with Crippen LogP contribution in [0, 0.1) is 23.3 Å². The first-order valence-electron chi connectivity index (χ1n) is 10.4. The molecule has 1 N–H and O–H groups in total. The van der Waals surface area contributed by atoms with E-state index in [1.165, 1.54) is 25.1 Å². The fraction of sp³-hybridized carbons (Fsp3) is 0.231. The van der Waals surface area contributed by atoms with Crippen molar-refractivity contribution in [3.63, 3.8) is 0 Å². The average molecular weight is 480 g/mol. The van der Waals surface area contributed by atoms with Crippen LogP contribution in [0.3, 0.4) is 0 Å². The van der Waals surface area contributed by atoms with Gasteiger partial charge in [-0.15, -0.1) is 0 Å². The maximum Gasteiger partial charge on any atom is 0.201 e. The van der Waals surface area contributed by atoms with Gasteiger partial charge in [-0.1, -0.05) is 25.3 Å². The molecule has 8 heteroatoms. The third-order valence-corrected chi connectivity index (χ3v) is 5.62. The summed E-state index contributed by atoms with van der Waals surface area (Å²) in [5.41, 5.74) is 0.0232. The zero-order valence-electron chi connectivity index (χ0n) is 18.3. The largest absolute Gasteiger partial charge is 0.505 e. The van der Waals surface area contributed by atoms with E-state index >= 15 is 0 Å². The van der Waals surface area contributed by atoms with Gasteiger partial charge in [0.05, 0.1) is 0 Å². The molecule has 0 aromatic heterocycles. The van der Waals surface area contributed by atoms with Crippen LogP contribution in [0.4, 0.5) is 26.3 Å². The fourth-order valence-corrected chi connectivity index (χ4v) is 3.69. The van der Waals surface area contributed by atoms with Crippen LogP contribution in [-0.2, 0) is 0 Å². The van der Waals surface area contributed by atoms with Gasteiger partial charge in [0, 0.05) is 11.1 Å². The van der Waals surface area contributed by atoms with Gasteiger partial charge in [0.25, 0.3) is 0 Å². The minimum Gasteiger partial charge on any atom is -0.505 e. The smallest absolute Gasteiger partial charge is 0.201 e. The molecule has 0 aliphatic heterocycles. The molecule has 2 nitrogen and oxygen atoms in total. The second-order valence-corrected chi connectivity index (χ2v) is 8.04. The molecule has 0 saturated heterocycles. The lowest BCUT2D eigenvalue weighted by molar-refractivity contribution is 0.320. The highest BCUT2D eigenvalue weighted by Crippen LogP contribution is 2.40. The molecular formula is C26H22F6O2. The Labute approximate surface area is 193 Å². The van der Waals surface area contributed by atoms with Crippen LogP contribution in [0.15, 0.2) is 66.3 Å². The quantitative estimate of drug-likeness (QED) is 0.322. The normalized spacial score (nSPS) is 16.6. The molecule has 34 heavy (non-hydrogen) atoms. The number of hydrogen-bond acceptors (Lipinski definition) is 2. The van der Waals surface area contributed by atoms with E-state index in [2.05, 4.69) is 13.2 Å². The van der Waals surface area contributed by atoms with Crippen molar-refractivity contribution in [3.05, 3.63) is 101 Å². The lowest BCUT2D eigenvalue weighted by Crippen LogP contribution is -2.09. The standard InChI is InChI=1S/C26H22F6O2/c1-13(2)21(27)22(28)14(3)12-34-20-11-9-18(24(30)26(20)32)16-6-4-15(5-7-16)17-8-10-19(33)25(31)23(17)29/h6,8-11,15,33H,1,3-5,7,12H2,2H3/b22-21-. The molecule has 0 fully saturated rings. The van der Waals surface area contributed by atoms with Gasteiger partial charge in [-0.3, -0.25) is 0 Å². The van der Waals surface area contributed by atoms with Gasteiger partial charge in [0.2, 0.25) is 11.6 Å². The molecule has 0 heterocycles. The summed E-state index contributed by atoms with van der Waals surface area (Å²) >= 11 is 0. The molecule has 0 amide bonds. The molecule has 0 spiro atoms. The van der Waals surface area contributed by atoms with Gasteiger partial charge in [0.15, 0.2) is 34.8 Å². The average Bonchev–Trinajstić information content (AvgIpc) is 2.82. The molecule has 1 aliphatic rings. The molecular weight excluding hydrogens is 458 g/mol. The molecule has 0 bridgehead atoms. The van der Waals surface area contributed by atoms with Crippen molar-refractivity contribution < 1.29 is 36.2 Å². The minimum atomic E-state index is -1.32. The van der Waals surface area contributed by atoms with Crippen LogP contribution in [0.25, 0.3) is 5.57 Å². The monoisotopic (exact) mass is 480 g/mol. The maximum absolute atomic E-state index is 14.7. The Bertz CT molecular complexity index is 1210. The van der Waals surface area contributed by atoms with Gasteiger partial charge in [-0.2, -0.15) is 8.78 Å². The summed E-state index contributed by atoms with van der Waals surface area (Å²) in [4.78, 5) is 0. The SMILES string of the molecule is C=C(C)/C(F)=C(/F)C(=C)COc1ccc(C2=CCC(c3ccc(O)c(F)c3F)CC2)c(F)c1F. The predicted octanol–water partition coefficient (Wildman–Crippen LogP) is 7.96. The van der Waals surface area contributed by atoms with Crippen molar-refractivity contribution >= 4 is 5.57 Å². The van der Waals surface area contributed by atoms with Crippen LogP contribution in [-0.4, -0.2) is 11.7 Å². The van der Waals surface area contributed by atoms with E-state index in [1.807, 2.05) is 0 Å². The number of benzene rings is 2. The first-order chi connectivity index (χ1) is 16.0. The Balaban J connectivity index is 1.74. The lowest BCUT2D eigenvalue weighted by Gasteiger charge is -2.23. The molecule has 180 valence electrons. The van der Waals surface area contributed by atoms with Crippen molar-refractivity contribution in [2.75, 3.05) is 6.61 Å². The van der Waals surface area contributed by atoms with E-state index in [1.54, 1.807) is 6.08 Å². The van der Waals surface area contributed by atoms with Gasteiger partial charge in [0.1, 0.15) is 6.61 Å². The van der Waals surface area contributed by atoms with Crippen LogP contribution >= 0.6 is 0 Å². The second kappa shape index (κ2) is 10.2. The van der Waals surface area contributed by atoms with E-state index in [0.717, 1.165) is 6.07 Å².